The molecule has 0 saturated carbocycles. The fourth-order valence-corrected chi connectivity index (χ4v) is 1.39. The predicted molar refractivity (Wildman–Crippen MR) is 59.5 cm³/mol. The number of urea groups is 1. The van der Waals surface area contributed by atoms with Crippen LogP contribution in [0.1, 0.15) is 0 Å². The largest absolute Gasteiger partial charge is 0.490 e. The monoisotopic (exact) mass is 248 g/mol. The second-order valence-electron chi connectivity index (χ2n) is 2.71. The van der Waals surface area contributed by atoms with E-state index in [9.17, 15) is 4.79 Å². The van der Waals surface area contributed by atoms with Crippen LogP contribution in [0.2, 0.25) is 10.0 Å². The van der Waals surface area contributed by atoms with E-state index in [1.54, 1.807) is 18.2 Å². The average Bonchev–Trinajstić information content (AvgIpc) is 2.14. The van der Waals surface area contributed by atoms with Gasteiger partial charge in [0.05, 0.1) is 11.6 Å². The Morgan fingerprint density at radius 2 is 2.20 bits per heavy atom. The van der Waals surface area contributed by atoms with Crippen molar-refractivity contribution < 1.29 is 9.53 Å². The molecule has 1 aromatic carbocycles. The molecule has 0 heterocycles. The molecular weight excluding hydrogens is 239 g/mol. The van der Waals surface area contributed by atoms with Gasteiger partial charge in [-0.15, -0.1) is 0 Å². The van der Waals surface area contributed by atoms with E-state index in [0.717, 1.165) is 0 Å². The maximum Gasteiger partial charge on any atom is 0.312 e. The van der Waals surface area contributed by atoms with E-state index in [2.05, 4.69) is 5.32 Å². The van der Waals surface area contributed by atoms with Gasteiger partial charge in [-0.05, 0) is 18.2 Å². The summed E-state index contributed by atoms with van der Waals surface area (Å²) in [6.45, 7) is 0.624. The molecule has 0 radical (unpaired) electrons. The first-order valence-electron chi connectivity index (χ1n) is 4.21. The van der Waals surface area contributed by atoms with E-state index in [0.29, 0.717) is 28.9 Å². The van der Waals surface area contributed by atoms with Crippen molar-refractivity contribution in [1.29, 1.82) is 0 Å². The maximum atomic E-state index is 10.3. The second kappa shape index (κ2) is 5.68. The topological polar surface area (TPSA) is 64.4 Å². The van der Waals surface area contributed by atoms with Crippen LogP contribution in [0.3, 0.4) is 0 Å². The van der Waals surface area contributed by atoms with E-state index in [1.807, 2.05) is 0 Å². The molecule has 82 valence electrons. The first-order valence-corrected chi connectivity index (χ1v) is 4.96. The molecule has 0 aliphatic heterocycles. The molecule has 2 amide bonds. The highest BCUT2D eigenvalue weighted by molar-refractivity contribution is 6.35. The average molecular weight is 249 g/mol. The van der Waals surface area contributed by atoms with Crippen molar-refractivity contribution in [2.45, 2.75) is 0 Å². The summed E-state index contributed by atoms with van der Waals surface area (Å²) in [5.74, 6) is 0.521. The summed E-state index contributed by atoms with van der Waals surface area (Å²) in [4.78, 5) is 10.3. The van der Waals surface area contributed by atoms with Gasteiger partial charge in [-0.1, -0.05) is 23.2 Å². The molecule has 0 saturated heterocycles. The number of benzene rings is 1. The van der Waals surface area contributed by atoms with Crippen molar-refractivity contribution in [3.8, 4) is 5.75 Å². The summed E-state index contributed by atoms with van der Waals surface area (Å²) in [6, 6.07) is 4.33. The fourth-order valence-electron chi connectivity index (χ4n) is 0.927. The van der Waals surface area contributed by atoms with Gasteiger partial charge >= 0.3 is 6.03 Å². The quantitative estimate of drug-likeness (QED) is 0.802. The number of carbonyl (C=O) groups excluding carboxylic acids is 1. The van der Waals surface area contributed by atoms with Crippen LogP contribution in [0.15, 0.2) is 18.2 Å². The van der Waals surface area contributed by atoms with Gasteiger partial charge in [-0.25, -0.2) is 4.79 Å². The molecular formula is C9H10Cl2N2O2. The van der Waals surface area contributed by atoms with Crippen LogP contribution in [-0.2, 0) is 0 Å². The van der Waals surface area contributed by atoms with Crippen LogP contribution < -0.4 is 15.8 Å². The van der Waals surface area contributed by atoms with Gasteiger partial charge in [-0.2, -0.15) is 0 Å². The van der Waals surface area contributed by atoms with Crippen molar-refractivity contribution in [2.75, 3.05) is 13.2 Å². The smallest absolute Gasteiger partial charge is 0.312 e. The minimum absolute atomic E-state index is 0.296. The molecule has 0 atom stereocenters. The maximum absolute atomic E-state index is 10.3. The van der Waals surface area contributed by atoms with E-state index >= 15 is 0 Å². The number of nitrogens with one attached hydrogen (secondary N) is 1. The van der Waals surface area contributed by atoms with Crippen molar-refractivity contribution in [3.63, 3.8) is 0 Å². The zero-order valence-corrected chi connectivity index (χ0v) is 9.31. The molecule has 3 N–H and O–H groups in total. The standard InChI is InChI=1S/C9H10Cl2N2O2/c10-6-1-2-8(7(11)5-6)15-4-3-13-9(12)14/h1-2,5H,3-4H2,(H3,12,13,14). The Labute approximate surface area is 97.3 Å². The molecule has 15 heavy (non-hydrogen) atoms. The molecule has 0 aliphatic carbocycles. The third-order valence-corrected chi connectivity index (χ3v) is 2.08. The fraction of sp³-hybridized carbons (Fsp3) is 0.222. The third kappa shape index (κ3) is 4.27. The normalized spacial score (nSPS) is 9.73. The Bertz CT molecular complexity index is 358. The molecule has 0 unspecified atom stereocenters. The molecule has 0 aromatic heterocycles. The number of ether oxygens (including phenoxy) is 1. The molecule has 0 aliphatic rings. The second-order valence-corrected chi connectivity index (χ2v) is 3.56. The SMILES string of the molecule is NC(=O)NCCOc1ccc(Cl)cc1Cl. The lowest BCUT2D eigenvalue weighted by Gasteiger charge is -2.07. The summed E-state index contributed by atoms with van der Waals surface area (Å²) >= 11 is 11.6. The van der Waals surface area contributed by atoms with Gasteiger partial charge in [0, 0.05) is 5.02 Å². The summed E-state index contributed by atoms with van der Waals surface area (Å²) in [5, 5.41) is 3.37. The van der Waals surface area contributed by atoms with E-state index in [1.165, 1.54) is 0 Å². The number of hydrogen-bond acceptors (Lipinski definition) is 2. The van der Waals surface area contributed by atoms with Crippen molar-refractivity contribution in [3.05, 3.63) is 28.2 Å². The first-order chi connectivity index (χ1) is 7.09. The van der Waals surface area contributed by atoms with Gasteiger partial charge in [-0.3, -0.25) is 0 Å². The van der Waals surface area contributed by atoms with Gasteiger partial charge < -0.3 is 15.8 Å². The summed E-state index contributed by atoms with van der Waals surface area (Å²) in [5.41, 5.74) is 4.87. The lowest BCUT2D eigenvalue weighted by molar-refractivity contribution is 0.244. The summed E-state index contributed by atoms with van der Waals surface area (Å²) < 4.78 is 5.28. The van der Waals surface area contributed by atoms with Gasteiger partial charge in [0.2, 0.25) is 0 Å². The number of carbonyl (C=O) groups is 1. The zero-order chi connectivity index (χ0) is 11.3. The Morgan fingerprint density at radius 3 is 2.80 bits per heavy atom. The van der Waals surface area contributed by atoms with E-state index < -0.39 is 6.03 Å². The van der Waals surface area contributed by atoms with Crippen LogP contribution in [-0.4, -0.2) is 19.2 Å². The summed E-state index contributed by atoms with van der Waals surface area (Å²) in [6.07, 6.45) is 0. The van der Waals surface area contributed by atoms with Crippen molar-refractivity contribution >= 4 is 29.2 Å². The minimum Gasteiger partial charge on any atom is -0.490 e. The Balaban J connectivity index is 2.40. The van der Waals surface area contributed by atoms with Crippen LogP contribution in [0.25, 0.3) is 0 Å². The zero-order valence-electron chi connectivity index (χ0n) is 7.80. The molecule has 0 spiro atoms. The molecule has 1 rings (SSSR count). The number of nitrogens with two attached hydrogens (primary N) is 1. The number of hydrogen-bond donors (Lipinski definition) is 2. The lowest BCUT2D eigenvalue weighted by Crippen LogP contribution is -2.32. The number of primary amides is 1. The lowest BCUT2D eigenvalue weighted by atomic mass is 10.3. The molecule has 1 aromatic rings. The molecule has 4 nitrogen and oxygen atoms in total. The Hall–Kier alpha value is -1.13. The number of amides is 2. The van der Waals surface area contributed by atoms with E-state index in [-0.39, 0.29) is 0 Å². The van der Waals surface area contributed by atoms with Gasteiger partial charge in [0.1, 0.15) is 12.4 Å². The Kier molecular flexibility index (Phi) is 4.52. The van der Waals surface area contributed by atoms with Crippen LogP contribution >= 0.6 is 23.2 Å². The van der Waals surface area contributed by atoms with Crippen molar-refractivity contribution in [1.82, 2.24) is 5.32 Å². The van der Waals surface area contributed by atoms with Crippen LogP contribution in [0.4, 0.5) is 4.79 Å². The van der Waals surface area contributed by atoms with Crippen LogP contribution in [0, 0.1) is 0 Å². The predicted octanol–water partition coefficient (Wildman–Crippen LogP) is 2.04. The van der Waals surface area contributed by atoms with Gasteiger partial charge in [0.15, 0.2) is 0 Å². The van der Waals surface area contributed by atoms with E-state index in [4.69, 9.17) is 33.7 Å². The number of rotatable bonds is 4. The molecule has 0 bridgehead atoms. The highest BCUT2D eigenvalue weighted by atomic mass is 35.5. The third-order valence-electron chi connectivity index (χ3n) is 1.55. The first kappa shape index (κ1) is 11.9. The highest BCUT2D eigenvalue weighted by Gasteiger charge is 2.01. The van der Waals surface area contributed by atoms with Crippen molar-refractivity contribution in [2.24, 2.45) is 5.73 Å². The summed E-state index contributed by atoms with van der Waals surface area (Å²) in [7, 11) is 0. The van der Waals surface area contributed by atoms with Crippen LogP contribution in [0.5, 0.6) is 5.75 Å². The molecule has 0 fully saturated rings. The minimum atomic E-state index is -0.583. The molecule has 6 heteroatoms. The highest BCUT2D eigenvalue weighted by Crippen LogP contribution is 2.27. The number of halogens is 2. The van der Waals surface area contributed by atoms with Gasteiger partial charge in [0.25, 0.3) is 0 Å². The Morgan fingerprint density at radius 1 is 1.47 bits per heavy atom.